The number of rotatable bonds is 7. The zero-order valence-electron chi connectivity index (χ0n) is 10.8. The van der Waals surface area contributed by atoms with E-state index in [4.69, 9.17) is 9.47 Å². The molecule has 0 radical (unpaired) electrons. The van der Waals surface area contributed by atoms with Crippen molar-refractivity contribution in [2.24, 2.45) is 0 Å². The van der Waals surface area contributed by atoms with Gasteiger partial charge in [-0.2, -0.15) is 0 Å². The molecule has 1 rings (SSSR count). The quantitative estimate of drug-likeness (QED) is 0.764. The van der Waals surface area contributed by atoms with Gasteiger partial charge in [-0.3, -0.25) is 0 Å². The Morgan fingerprint density at radius 1 is 1.22 bits per heavy atom. The molecule has 18 heavy (non-hydrogen) atoms. The maximum atomic E-state index is 12.5. The molecule has 0 saturated carbocycles. The first-order valence-electron chi connectivity index (χ1n) is 5.74. The van der Waals surface area contributed by atoms with E-state index >= 15 is 0 Å². The summed E-state index contributed by atoms with van der Waals surface area (Å²) in [7, 11) is 3.12. The van der Waals surface area contributed by atoms with Crippen LogP contribution in [0.15, 0.2) is 24.3 Å². The lowest BCUT2D eigenvalue weighted by Gasteiger charge is -2.22. The molecule has 0 aliphatic heterocycles. The third kappa shape index (κ3) is 4.33. The lowest BCUT2D eigenvalue weighted by Crippen LogP contribution is -2.39. The van der Waals surface area contributed by atoms with Crippen molar-refractivity contribution in [3.8, 4) is 0 Å². The number of hydrogen-bond acceptors (Lipinski definition) is 3. The number of benzene rings is 1. The van der Waals surface area contributed by atoms with Gasteiger partial charge in [-0.15, -0.1) is 0 Å². The molecule has 102 valence electrons. The second-order valence-corrected chi connectivity index (χ2v) is 4.06. The number of nitrogens with one attached hydrogen (secondary N) is 1. The summed E-state index contributed by atoms with van der Waals surface area (Å²) in [6.07, 6.45) is -2.80. The van der Waals surface area contributed by atoms with Gasteiger partial charge in [-0.25, -0.2) is 8.78 Å². The first kappa shape index (κ1) is 15.0. The van der Waals surface area contributed by atoms with E-state index < -0.39 is 6.43 Å². The van der Waals surface area contributed by atoms with Crippen molar-refractivity contribution in [2.75, 3.05) is 14.2 Å². The molecule has 0 aliphatic rings. The summed E-state index contributed by atoms with van der Waals surface area (Å²) >= 11 is 0. The van der Waals surface area contributed by atoms with E-state index in [2.05, 4.69) is 5.32 Å². The van der Waals surface area contributed by atoms with Crippen LogP contribution in [0.1, 0.15) is 24.5 Å². The summed E-state index contributed by atoms with van der Waals surface area (Å²) in [6, 6.07) is 6.33. The molecule has 0 heterocycles. The largest absolute Gasteiger partial charge is 0.354 e. The van der Waals surface area contributed by atoms with Gasteiger partial charge < -0.3 is 14.8 Å². The minimum absolute atomic E-state index is 0.0322. The first-order chi connectivity index (χ1) is 8.58. The van der Waals surface area contributed by atoms with Crippen LogP contribution in [-0.4, -0.2) is 26.6 Å². The molecular weight excluding hydrogens is 240 g/mol. The minimum Gasteiger partial charge on any atom is -0.354 e. The molecule has 0 saturated heterocycles. The summed E-state index contributed by atoms with van der Waals surface area (Å²) in [5.41, 5.74) is 0.850. The molecule has 5 heteroatoms. The van der Waals surface area contributed by atoms with Gasteiger partial charge >= 0.3 is 0 Å². The van der Waals surface area contributed by atoms with Gasteiger partial charge in [0.05, 0.1) is 6.04 Å². The minimum atomic E-state index is -2.44. The Morgan fingerprint density at radius 2 is 1.89 bits per heavy atom. The number of ether oxygens (including phenoxy) is 2. The average molecular weight is 259 g/mol. The van der Waals surface area contributed by atoms with Gasteiger partial charge in [0.15, 0.2) is 6.29 Å². The Balaban J connectivity index is 2.55. The lowest BCUT2D eigenvalue weighted by molar-refractivity contribution is -0.119. The highest BCUT2D eigenvalue weighted by molar-refractivity contribution is 5.24. The van der Waals surface area contributed by atoms with Crippen LogP contribution < -0.4 is 5.32 Å². The highest BCUT2D eigenvalue weighted by Gasteiger charge is 2.15. The van der Waals surface area contributed by atoms with Gasteiger partial charge in [0.25, 0.3) is 6.43 Å². The van der Waals surface area contributed by atoms with Crippen molar-refractivity contribution < 1.29 is 18.3 Å². The van der Waals surface area contributed by atoms with Crippen molar-refractivity contribution in [2.45, 2.75) is 32.2 Å². The SMILES string of the molecule is COC(OC)C(C)NCc1cccc(C(F)F)c1. The summed E-state index contributed by atoms with van der Waals surface area (Å²) in [5, 5.41) is 3.17. The highest BCUT2D eigenvalue weighted by atomic mass is 19.3. The van der Waals surface area contributed by atoms with E-state index in [1.807, 2.05) is 6.92 Å². The molecule has 1 atom stereocenters. The monoisotopic (exact) mass is 259 g/mol. The molecule has 1 aromatic carbocycles. The summed E-state index contributed by atoms with van der Waals surface area (Å²) in [4.78, 5) is 0. The number of alkyl halides is 2. The van der Waals surface area contributed by atoms with Crippen LogP contribution in [-0.2, 0) is 16.0 Å². The molecule has 1 unspecified atom stereocenters. The van der Waals surface area contributed by atoms with Crippen molar-refractivity contribution >= 4 is 0 Å². The second kappa shape index (κ2) is 7.41. The Bertz CT molecular complexity index is 357. The van der Waals surface area contributed by atoms with Crippen LogP contribution in [0, 0.1) is 0 Å². The molecule has 1 N–H and O–H groups in total. The van der Waals surface area contributed by atoms with Crippen molar-refractivity contribution in [1.29, 1.82) is 0 Å². The smallest absolute Gasteiger partial charge is 0.263 e. The molecule has 1 aromatic rings. The van der Waals surface area contributed by atoms with Crippen molar-refractivity contribution in [1.82, 2.24) is 5.32 Å². The maximum Gasteiger partial charge on any atom is 0.263 e. The summed E-state index contributed by atoms with van der Waals surface area (Å²) < 4.78 is 35.3. The molecule has 0 amide bonds. The Hall–Kier alpha value is -1.04. The molecule has 0 fully saturated rings. The molecule has 0 spiro atoms. The van der Waals surface area contributed by atoms with E-state index in [-0.39, 0.29) is 17.9 Å². The fourth-order valence-electron chi connectivity index (χ4n) is 1.72. The van der Waals surface area contributed by atoms with Gasteiger partial charge in [-0.05, 0) is 18.6 Å². The van der Waals surface area contributed by atoms with E-state index in [0.717, 1.165) is 5.56 Å². The number of methoxy groups -OCH3 is 2. The van der Waals surface area contributed by atoms with Crippen LogP contribution in [0.5, 0.6) is 0 Å². The number of halogens is 2. The predicted octanol–water partition coefficient (Wildman–Crippen LogP) is 2.72. The van der Waals surface area contributed by atoms with Gasteiger partial charge in [0.1, 0.15) is 0 Å². The average Bonchev–Trinajstić information content (AvgIpc) is 2.38. The fraction of sp³-hybridized carbons (Fsp3) is 0.538. The molecule has 0 aromatic heterocycles. The van der Waals surface area contributed by atoms with Gasteiger partial charge in [0.2, 0.25) is 0 Å². The second-order valence-electron chi connectivity index (χ2n) is 4.06. The first-order valence-corrected chi connectivity index (χ1v) is 5.74. The van der Waals surface area contributed by atoms with Crippen LogP contribution in [0.25, 0.3) is 0 Å². The van der Waals surface area contributed by atoms with Crippen molar-refractivity contribution in [3.63, 3.8) is 0 Å². The molecule has 0 bridgehead atoms. The van der Waals surface area contributed by atoms with E-state index in [0.29, 0.717) is 6.54 Å². The zero-order valence-corrected chi connectivity index (χ0v) is 10.8. The fourth-order valence-corrected chi connectivity index (χ4v) is 1.72. The van der Waals surface area contributed by atoms with E-state index in [1.54, 1.807) is 26.4 Å². The Labute approximate surface area is 106 Å². The summed E-state index contributed by atoms with van der Waals surface area (Å²) in [5.74, 6) is 0. The van der Waals surface area contributed by atoms with Crippen LogP contribution in [0.3, 0.4) is 0 Å². The normalized spacial score (nSPS) is 13.3. The zero-order chi connectivity index (χ0) is 13.5. The van der Waals surface area contributed by atoms with Crippen LogP contribution in [0.4, 0.5) is 8.78 Å². The Morgan fingerprint density at radius 3 is 2.44 bits per heavy atom. The third-order valence-electron chi connectivity index (χ3n) is 2.70. The van der Waals surface area contributed by atoms with Gasteiger partial charge in [0, 0.05) is 26.3 Å². The van der Waals surface area contributed by atoms with Crippen LogP contribution >= 0.6 is 0 Å². The van der Waals surface area contributed by atoms with E-state index in [1.165, 1.54) is 12.1 Å². The maximum absolute atomic E-state index is 12.5. The van der Waals surface area contributed by atoms with Crippen LogP contribution in [0.2, 0.25) is 0 Å². The van der Waals surface area contributed by atoms with Gasteiger partial charge in [-0.1, -0.05) is 18.2 Å². The lowest BCUT2D eigenvalue weighted by atomic mass is 10.1. The standard InChI is InChI=1S/C13H19F2NO2/c1-9(13(17-2)18-3)16-8-10-5-4-6-11(7-10)12(14)15/h4-7,9,12-13,16H,8H2,1-3H3. The number of hydrogen-bond donors (Lipinski definition) is 1. The molecule has 0 aliphatic carbocycles. The topological polar surface area (TPSA) is 30.5 Å². The van der Waals surface area contributed by atoms with E-state index in [9.17, 15) is 8.78 Å². The van der Waals surface area contributed by atoms with Crippen molar-refractivity contribution in [3.05, 3.63) is 35.4 Å². The summed E-state index contributed by atoms with van der Waals surface area (Å²) in [6.45, 7) is 2.40. The molecular formula is C13H19F2NO2. The highest BCUT2D eigenvalue weighted by Crippen LogP contribution is 2.19. The third-order valence-corrected chi connectivity index (χ3v) is 2.70. The predicted molar refractivity (Wildman–Crippen MR) is 65.5 cm³/mol. The Kier molecular flexibility index (Phi) is 6.18. The molecule has 3 nitrogen and oxygen atoms in total.